The number of rotatable bonds is 4. The second-order valence-corrected chi connectivity index (χ2v) is 4.17. The van der Waals surface area contributed by atoms with Crippen molar-refractivity contribution in [2.24, 2.45) is 12.8 Å². The predicted molar refractivity (Wildman–Crippen MR) is 65.1 cm³/mol. The number of halogens is 1. The molecule has 3 nitrogen and oxygen atoms in total. The number of benzene rings is 1. The molecule has 1 aromatic carbocycles. The summed E-state index contributed by atoms with van der Waals surface area (Å²) in [6.45, 7) is 0.530. The van der Waals surface area contributed by atoms with E-state index >= 15 is 0 Å². The normalized spacial score (nSPS) is 12.6. The van der Waals surface area contributed by atoms with Crippen molar-refractivity contribution in [1.29, 1.82) is 0 Å². The molecule has 2 N–H and O–H groups in total. The Balaban J connectivity index is 2.13. The number of nitrogens with zero attached hydrogens (tertiary/aromatic N) is 2. The van der Waals surface area contributed by atoms with Crippen molar-refractivity contribution in [3.63, 3.8) is 0 Å². The van der Waals surface area contributed by atoms with Crippen molar-refractivity contribution in [3.8, 4) is 0 Å². The van der Waals surface area contributed by atoms with Crippen molar-refractivity contribution >= 4 is 0 Å². The fourth-order valence-corrected chi connectivity index (χ4v) is 1.90. The maximum Gasteiger partial charge on any atom is 0.123 e. The summed E-state index contributed by atoms with van der Waals surface area (Å²) in [6.07, 6.45) is 2.69. The quantitative estimate of drug-likeness (QED) is 0.875. The number of aryl methyl sites for hydroxylation is 1. The lowest BCUT2D eigenvalue weighted by atomic mass is 9.94. The highest BCUT2D eigenvalue weighted by Gasteiger charge is 2.12. The number of hydrogen-bond acceptors (Lipinski definition) is 2. The van der Waals surface area contributed by atoms with Gasteiger partial charge in [-0.05, 0) is 36.7 Å². The van der Waals surface area contributed by atoms with Gasteiger partial charge in [-0.1, -0.05) is 12.1 Å². The van der Waals surface area contributed by atoms with Gasteiger partial charge in [-0.25, -0.2) is 4.39 Å². The highest BCUT2D eigenvalue weighted by Crippen LogP contribution is 2.19. The van der Waals surface area contributed by atoms with E-state index in [0.717, 1.165) is 17.7 Å². The molecule has 4 heteroatoms. The molecule has 0 spiro atoms. The van der Waals surface area contributed by atoms with Crippen LogP contribution in [0.25, 0.3) is 0 Å². The average Bonchev–Trinajstić information content (AvgIpc) is 2.73. The fraction of sp³-hybridized carbons (Fsp3) is 0.308. The number of aromatic nitrogens is 2. The molecule has 0 aliphatic heterocycles. The zero-order chi connectivity index (χ0) is 12.3. The summed E-state index contributed by atoms with van der Waals surface area (Å²) in [7, 11) is 1.89. The minimum Gasteiger partial charge on any atom is -0.330 e. The third-order valence-electron chi connectivity index (χ3n) is 2.85. The van der Waals surface area contributed by atoms with Gasteiger partial charge >= 0.3 is 0 Å². The summed E-state index contributed by atoms with van der Waals surface area (Å²) in [6, 6.07) is 8.49. The lowest BCUT2D eigenvalue weighted by Crippen LogP contribution is -2.15. The topological polar surface area (TPSA) is 43.8 Å². The van der Waals surface area contributed by atoms with E-state index in [4.69, 9.17) is 5.73 Å². The third-order valence-corrected chi connectivity index (χ3v) is 2.85. The SMILES string of the molecule is Cn1ccc(CC(CN)c2ccc(F)cc2)n1. The molecule has 17 heavy (non-hydrogen) atoms. The van der Waals surface area contributed by atoms with Crippen LogP contribution >= 0.6 is 0 Å². The molecule has 90 valence electrons. The first-order valence-corrected chi connectivity index (χ1v) is 5.63. The van der Waals surface area contributed by atoms with Crippen molar-refractivity contribution in [1.82, 2.24) is 9.78 Å². The minimum absolute atomic E-state index is 0.186. The number of hydrogen-bond donors (Lipinski definition) is 1. The molecular weight excluding hydrogens is 217 g/mol. The van der Waals surface area contributed by atoms with Crippen LogP contribution < -0.4 is 5.73 Å². The molecule has 2 rings (SSSR count). The van der Waals surface area contributed by atoms with E-state index < -0.39 is 0 Å². The summed E-state index contributed by atoms with van der Waals surface area (Å²) < 4.78 is 14.6. The standard InChI is InChI=1S/C13H16FN3/c1-17-7-6-13(16-17)8-11(9-15)10-2-4-12(14)5-3-10/h2-7,11H,8-9,15H2,1H3. The summed E-state index contributed by atoms with van der Waals surface area (Å²) in [5.74, 6) is -0.0344. The highest BCUT2D eigenvalue weighted by atomic mass is 19.1. The van der Waals surface area contributed by atoms with Gasteiger partial charge < -0.3 is 5.73 Å². The first-order chi connectivity index (χ1) is 8.19. The van der Waals surface area contributed by atoms with Crippen molar-refractivity contribution in [2.75, 3.05) is 6.54 Å². The molecule has 0 saturated carbocycles. The van der Waals surface area contributed by atoms with Gasteiger partial charge in [0.15, 0.2) is 0 Å². The van der Waals surface area contributed by atoms with E-state index in [1.54, 1.807) is 16.8 Å². The van der Waals surface area contributed by atoms with Crippen molar-refractivity contribution in [3.05, 3.63) is 53.6 Å². The van der Waals surface area contributed by atoms with Crippen LogP contribution in [0, 0.1) is 5.82 Å². The Bertz CT molecular complexity index is 476. The van der Waals surface area contributed by atoms with Crippen LogP contribution in [0.4, 0.5) is 4.39 Å². The average molecular weight is 233 g/mol. The molecule has 1 atom stereocenters. The Hall–Kier alpha value is -1.68. The second-order valence-electron chi connectivity index (χ2n) is 4.17. The molecule has 1 unspecified atom stereocenters. The van der Waals surface area contributed by atoms with Gasteiger partial charge in [0.05, 0.1) is 5.69 Å². The van der Waals surface area contributed by atoms with Crippen LogP contribution in [0.15, 0.2) is 36.5 Å². The molecule has 0 fully saturated rings. The molecule has 0 aliphatic carbocycles. The lowest BCUT2D eigenvalue weighted by molar-refractivity contribution is 0.621. The maximum atomic E-state index is 12.8. The molecular formula is C13H16FN3. The molecule has 1 aromatic heterocycles. The van der Waals surface area contributed by atoms with Crippen LogP contribution in [-0.2, 0) is 13.5 Å². The Morgan fingerprint density at radius 1 is 1.29 bits per heavy atom. The van der Waals surface area contributed by atoms with E-state index in [1.807, 2.05) is 19.3 Å². The summed E-state index contributed by atoms with van der Waals surface area (Å²) in [5, 5.41) is 4.33. The van der Waals surface area contributed by atoms with Crippen LogP contribution in [0.3, 0.4) is 0 Å². The minimum atomic E-state index is -0.220. The molecule has 0 aliphatic rings. The molecule has 0 radical (unpaired) electrons. The highest BCUT2D eigenvalue weighted by molar-refractivity contribution is 5.22. The van der Waals surface area contributed by atoms with E-state index in [-0.39, 0.29) is 11.7 Å². The van der Waals surface area contributed by atoms with Gasteiger partial charge in [-0.3, -0.25) is 4.68 Å². The summed E-state index contributed by atoms with van der Waals surface area (Å²) in [5.41, 5.74) is 7.83. The second kappa shape index (κ2) is 5.10. The first-order valence-electron chi connectivity index (χ1n) is 5.63. The fourth-order valence-electron chi connectivity index (χ4n) is 1.90. The molecule has 0 saturated heterocycles. The molecule has 0 bridgehead atoms. The van der Waals surface area contributed by atoms with Gasteiger partial charge in [0.2, 0.25) is 0 Å². The predicted octanol–water partition coefficient (Wildman–Crippen LogP) is 1.84. The first kappa shape index (κ1) is 11.8. The van der Waals surface area contributed by atoms with Crippen molar-refractivity contribution < 1.29 is 4.39 Å². The maximum absolute atomic E-state index is 12.8. The van der Waals surface area contributed by atoms with Gasteiger partial charge in [-0.2, -0.15) is 5.10 Å². The Labute approximate surface area is 100 Å². The summed E-state index contributed by atoms with van der Waals surface area (Å²) >= 11 is 0. The monoisotopic (exact) mass is 233 g/mol. The van der Waals surface area contributed by atoms with E-state index in [0.29, 0.717) is 6.54 Å². The van der Waals surface area contributed by atoms with Crippen LogP contribution in [0.2, 0.25) is 0 Å². The zero-order valence-corrected chi connectivity index (χ0v) is 9.81. The van der Waals surface area contributed by atoms with Crippen LogP contribution in [0.5, 0.6) is 0 Å². The molecule has 1 heterocycles. The van der Waals surface area contributed by atoms with Gasteiger partial charge in [0.1, 0.15) is 5.82 Å². The Morgan fingerprint density at radius 2 is 2.00 bits per heavy atom. The van der Waals surface area contributed by atoms with E-state index in [9.17, 15) is 4.39 Å². The van der Waals surface area contributed by atoms with Gasteiger partial charge in [0.25, 0.3) is 0 Å². The van der Waals surface area contributed by atoms with Crippen molar-refractivity contribution in [2.45, 2.75) is 12.3 Å². The Kier molecular flexibility index (Phi) is 3.54. The van der Waals surface area contributed by atoms with E-state index in [1.165, 1.54) is 12.1 Å². The molecule has 2 aromatic rings. The summed E-state index contributed by atoms with van der Waals surface area (Å²) in [4.78, 5) is 0. The largest absolute Gasteiger partial charge is 0.330 e. The van der Waals surface area contributed by atoms with Gasteiger partial charge in [-0.15, -0.1) is 0 Å². The Morgan fingerprint density at radius 3 is 2.53 bits per heavy atom. The smallest absolute Gasteiger partial charge is 0.123 e. The van der Waals surface area contributed by atoms with Crippen LogP contribution in [-0.4, -0.2) is 16.3 Å². The zero-order valence-electron chi connectivity index (χ0n) is 9.81. The lowest BCUT2D eigenvalue weighted by Gasteiger charge is -2.13. The van der Waals surface area contributed by atoms with Crippen LogP contribution in [0.1, 0.15) is 17.2 Å². The third kappa shape index (κ3) is 2.91. The molecule has 0 amide bonds. The van der Waals surface area contributed by atoms with E-state index in [2.05, 4.69) is 5.10 Å². The number of nitrogens with two attached hydrogens (primary N) is 1. The van der Waals surface area contributed by atoms with Gasteiger partial charge in [0, 0.05) is 19.2 Å².